The van der Waals surface area contributed by atoms with Gasteiger partial charge in [-0.1, -0.05) is 0 Å². The molecule has 0 saturated heterocycles. The quantitative estimate of drug-likeness (QED) is 0.160. The van der Waals surface area contributed by atoms with Gasteiger partial charge in [0.15, 0.2) is 0 Å². The molecule has 0 bridgehead atoms. The molecule has 0 spiro atoms. The van der Waals surface area contributed by atoms with Crippen molar-refractivity contribution < 1.29 is 38.2 Å². The zero-order valence-electron chi connectivity index (χ0n) is 25.5. The third-order valence-corrected chi connectivity index (χ3v) is 4.77. The summed E-state index contributed by atoms with van der Waals surface area (Å²) >= 11 is 0. The molecule has 0 aromatic carbocycles. The standard InChI is InChI=1S/C26H50N6O8/c1-24(2,3)38-21(35)30-14-12-17(27)20(34)29-13-10-11-18(19(28)33)32(23(37)40-26(7,8)9)16-15-31-22(36)39-25(4,5)6/h17-18H,10-16,27H2,1-9H3,(H2,28,33)(H,29,34)(H,30,35)(H,31,36)/t17-,18-/m0/s1. The van der Waals surface area contributed by atoms with Crippen LogP contribution in [0.25, 0.3) is 0 Å². The third kappa shape index (κ3) is 18.1. The molecular formula is C26H50N6O8. The summed E-state index contributed by atoms with van der Waals surface area (Å²) in [4.78, 5) is 62.4. The van der Waals surface area contributed by atoms with Crippen LogP contribution in [-0.2, 0) is 23.8 Å². The Labute approximate surface area is 237 Å². The molecule has 0 heterocycles. The average Bonchev–Trinajstić information content (AvgIpc) is 2.73. The van der Waals surface area contributed by atoms with Gasteiger partial charge in [-0.15, -0.1) is 0 Å². The van der Waals surface area contributed by atoms with Crippen molar-refractivity contribution in [2.45, 2.75) is 110 Å². The molecule has 14 heteroatoms. The van der Waals surface area contributed by atoms with Crippen molar-refractivity contribution >= 4 is 30.1 Å². The maximum atomic E-state index is 12.9. The zero-order valence-corrected chi connectivity index (χ0v) is 25.5. The molecule has 0 unspecified atom stereocenters. The monoisotopic (exact) mass is 574 g/mol. The molecule has 40 heavy (non-hydrogen) atoms. The molecule has 14 nitrogen and oxygen atoms in total. The number of rotatable bonds is 13. The summed E-state index contributed by atoms with van der Waals surface area (Å²) in [5, 5.41) is 7.75. The first-order valence-electron chi connectivity index (χ1n) is 13.4. The lowest BCUT2D eigenvalue weighted by atomic mass is 10.1. The Morgan fingerprint density at radius 3 is 1.62 bits per heavy atom. The van der Waals surface area contributed by atoms with E-state index < -0.39 is 59.0 Å². The van der Waals surface area contributed by atoms with Crippen LogP contribution in [0.1, 0.15) is 81.6 Å². The number of hydrogen-bond donors (Lipinski definition) is 5. The molecule has 2 atom stereocenters. The van der Waals surface area contributed by atoms with Crippen molar-refractivity contribution in [1.82, 2.24) is 20.9 Å². The second kappa shape index (κ2) is 16.1. The highest BCUT2D eigenvalue weighted by Crippen LogP contribution is 2.15. The normalized spacial score (nSPS) is 13.3. The summed E-state index contributed by atoms with van der Waals surface area (Å²) in [7, 11) is 0. The van der Waals surface area contributed by atoms with Crippen LogP contribution in [0.15, 0.2) is 0 Å². The van der Waals surface area contributed by atoms with Crippen molar-refractivity contribution in [3.05, 3.63) is 0 Å². The first kappa shape index (κ1) is 36.7. The van der Waals surface area contributed by atoms with Gasteiger partial charge in [-0.05, 0) is 81.6 Å². The van der Waals surface area contributed by atoms with Gasteiger partial charge in [0.1, 0.15) is 22.8 Å². The van der Waals surface area contributed by atoms with Gasteiger partial charge in [-0.2, -0.15) is 0 Å². The number of hydrogen-bond acceptors (Lipinski definition) is 9. The van der Waals surface area contributed by atoms with Gasteiger partial charge in [0.2, 0.25) is 11.8 Å². The lowest BCUT2D eigenvalue weighted by Gasteiger charge is -2.32. The van der Waals surface area contributed by atoms with Crippen LogP contribution in [0.4, 0.5) is 14.4 Å². The van der Waals surface area contributed by atoms with Gasteiger partial charge in [0.25, 0.3) is 0 Å². The van der Waals surface area contributed by atoms with E-state index in [0.29, 0.717) is 6.42 Å². The number of alkyl carbamates (subject to hydrolysis) is 2. The van der Waals surface area contributed by atoms with Crippen molar-refractivity contribution in [3.63, 3.8) is 0 Å². The molecule has 0 rings (SSSR count). The summed E-state index contributed by atoms with van der Waals surface area (Å²) in [6, 6.07) is -1.93. The minimum absolute atomic E-state index is 0.0130. The first-order chi connectivity index (χ1) is 18.1. The van der Waals surface area contributed by atoms with E-state index in [1.54, 1.807) is 62.3 Å². The number of nitrogens with one attached hydrogen (secondary N) is 3. The molecule has 0 fully saturated rings. The molecule has 0 saturated carbocycles. The van der Waals surface area contributed by atoms with Gasteiger partial charge in [0, 0.05) is 26.2 Å². The van der Waals surface area contributed by atoms with Crippen molar-refractivity contribution in [3.8, 4) is 0 Å². The summed E-state index contributed by atoms with van der Waals surface area (Å²) in [6.45, 7) is 15.6. The van der Waals surface area contributed by atoms with Crippen LogP contribution in [0.5, 0.6) is 0 Å². The second-order valence-electron chi connectivity index (χ2n) is 12.3. The molecule has 0 aliphatic carbocycles. The summed E-state index contributed by atoms with van der Waals surface area (Å²) < 4.78 is 15.8. The molecule has 0 aromatic rings. The Morgan fingerprint density at radius 1 is 0.700 bits per heavy atom. The average molecular weight is 575 g/mol. The molecule has 232 valence electrons. The van der Waals surface area contributed by atoms with Gasteiger partial charge < -0.3 is 41.6 Å². The van der Waals surface area contributed by atoms with E-state index in [9.17, 15) is 24.0 Å². The molecular weight excluding hydrogens is 524 g/mol. The Balaban J connectivity index is 4.97. The van der Waals surface area contributed by atoms with E-state index >= 15 is 0 Å². The lowest BCUT2D eigenvalue weighted by molar-refractivity contribution is -0.123. The summed E-state index contributed by atoms with van der Waals surface area (Å²) in [6.07, 6.45) is -1.45. The smallest absolute Gasteiger partial charge is 0.411 e. The first-order valence-corrected chi connectivity index (χ1v) is 13.4. The van der Waals surface area contributed by atoms with E-state index in [-0.39, 0.29) is 39.0 Å². The van der Waals surface area contributed by atoms with Crippen LogP contribution in [0.3, 0.4) is 0 Å². The maximum absolute atomic E-state index is 12.9. The number of ether oxygens (including phenoxy) is 3. The minimum Gasteiger partial charge on any atom is -0.444 e. The summed E-state index contributed by atoms with van der Waals surface area (Å²) in [5.74, 6) is -1.20. The SMILES string of the molecule is CC(C)(C)OC(=O)NCC[C@H](N)C(=O)NCCC[C@@H](C(N)=O)N(CCNC(=O)OC(C)(C)C)C(=O)OC(C)(C)C. The molecule has 0 aliphatic heterocycles. The van der Waals surface area contributed by atoms with Crippen LogP contribution in [0, 0.1) is 0 Å². The Bertz CT molecular complexity index is 861. The van der Waals surface area contributed by atoms with Crippen LogP contribution < -0.4 is 27.4 Å². The number of nitrogens with zero attached hydrogens (tertiary/aromatic N) is 1. The Morgan fingerprint density at radius 2 is 1.18 bits per heavy atom. The van der Waals surface area contributed by atoms with Crippen molar-refractivity contribution in [2.75, 3.05) is 26.2 Å². The van der Waals surface area contributed by atoms with Gasteiger partial charge in [-0.3, -0.25) is 14.5 Å². The number of nitrogens with two attached hydrogens (primary N) is 2. The van der Waals surface area contributed by atoms with E-state index in [1.165, 1.54) is 0 Å². The van der Waals surface area contributed by atoms with Gasteiger partial charge in [-0.25, -0.2) is 14.4 Å². The topological polar surface area (TPSA) is 204 Å². The molecule has 5 amide bonds. The zero-order chi connectivity index (χ0) is 31.3. The summed E-state index contributed by atoms with van der Waals surface area (Å²) in [5.41, 5.74) is 9.33. The predicted molar refractivity (Wildman–Crippen MR) is 149 cm³/mol. The number of carbonyl (C=O) groups excluding carboxylic acids is 5. The lowest BCUT2D eigenvalue weighted by Crippen LogP contribution is -2.52. The second-order valence-corrected chi connectivity index (χ2v) is 12.3. The number of primary amides is 1. The highest BCUT2D eigenvalue weighted by atomic mass is 16.6. The van der Waals surface area contributed by atoms with E-state index in [4.69, 9.17) is 25.7 Å². The largest absolute Gasteiger partial charge is 0.444 e. The fourth-order valence-corrected chi connectivity index (χ4v) is 3.15. The van der Waals surface area contributed by atoms with E-state index in [2.05, 4.69) is 16.0 Å². The van der Waals surface area contributed by atoms with E-state index in [1.807, 2.05) is 0 Å². The predicted octanol–water partition coefficient (Wildman–Crippen LogP) is 1.74. The fraction of sp³-hybridized carbons (Fsp3) is 0.808. The Kier molecular flexibility index (Phi) is 14.8. The molecule has 0 radical (unpaired) electrons. The molecule has 0 aliphatic rings. The van der Waals surface area contributed by atoms with E-state index in [0.717, 1.165) is 4.90 Å². The molecule has 0 aromatic heterocycles. The highest BCUT2D eigenvalue weighted by molar-refractivity contribution is 5.84. The van der Waals surface area contributed by atoms with Crippen molar-refractivity contribution in [1.29, 1.82) is 0 Å². The number of carbonyl (C=O) groups is 5. The van der Waals surface area contributed by atoms with Crippen LogP contribution in [-0.4, -0.2) is 90.1 Å². The Hall–Kier alpha value is -3.29. The third-order valence-electron chi connectivity index (χ3n) is 4.77. The van der Waals surface area contributed by atoms with Gasteiger partial charge in [0.05, 0.1) is 6.04 Å². The van der Waals surface area contributed by atoms with Crippen LogP contribution in [0.2, 0.25) is 0 Å². The minimum atomic E-state index is -1.06. The number of amides is 5. The maximum Gasteiger partial charge on any atom is 0.411 e. The van der Waals surface area contributed by atoms with Crippen molar-refractivity contribution in [2.24, 2.45) is 11.5 Å². The van der Waals surface area contributed by atoms with Gasteiger partial charge >= 0.3 is 18.3 Å². The highest BCUT2D eigenvalue weighted by Gasteiger charge is 2.31. The van der Waals surface area contributed by atoms with Crippen LogP contribution >= 0.6 is 0 Å². The molecule has 7 N–H and O–H groups in total. The fourth-order valence-electron chi connectivity index (χ4n) is 3.15.